The number of carbonyl (C=O) groups excluding carboxylic acids is 2. The average molecular weight is 343 g/mol. The molecule has 1 fully saturated rings. The van der Waals surface area contributed by atoms with Crippen LogP contribution in [0.15, 0.2) is 11.8 Å². The van der Waals surface area contributed by atoms with E-state index < -0.39 is 5.97 Å². The van der Waals surface area contributed by atoms with Gasteiger partial charge in [0.25, 0.3) is 0 Å². The first-order chi connectivity index (χ1) is 10.8. The monoisotopic (exact) mass is 343 g/mol. The van der Waals surface area contributed by atoms with Gasteiger partial charge in [0.15, 0.2) is 0 Å². The van der Waals surface area contributed by atoms with Crippen molar-refractivity contribution in [1.29, 1.82) is 0 Å². The van der Waals surface area contributed by atoms with Crippen LogP contribution < -0.4 is 5.32 Å². The topological polar surface area (TPSA) is 92.7 Å². The zero-order valence-electron chi connectivity index (χ0n) is 13.9. The molecule has 0 aromatic heterocycles. The summed E-state index contributed by atoms with van der Waals surface area (Å²) < 4.78 is 4.54. The maximum absolute atomic E-state index is 11.9. The molecule has 1 atom stereocenters. The van der Waals surface area contributed by atoms with E-state index in [1.54, 1.807) is 6.08 Å². The van der Waals surface area contributed by atoms with Gasteiger partial charge in [-0.3, -0.25) is 9.59 Å². The number of nitrogens with one attached hydrogen (secondary N) is 1. The second-order valence-electron chi connectivity index (χ2n) is 6.28. The van der Waals surface area contributed by atoms with E-state index in [-0.39, 0.29) is 28.9 Å². The molecule has 0 saturated heterocycles. The molecule has 1 saturated carbocycles. The van der Waals surface area contributed by atoms with Crippen LogP contribution in [0.2, 0.25) is 0 Å². The Morgan fingerprint density at radius 2 is 2.00 bits per heavy atom. The van der Waals surface area contributed by atoms with Gasteiger partial charge in [0, 0.05) is 5.92 Å². The lowest BCUT2D eigenvalue weighted by molar-refractivity contribution is -0.137. The van der Waals surface area contributed by atoms with Crippen LogP contribution in [0.3, 0.4) is 0 Å². The van der Waals surface area contributed by atoms with E-state index in [9.17, 15) is 14.4 Å². The molecule has 0 radical (unpaired) electrons. The third-order valence-electron chi connectivity index (χ3n) is 3.86. The normalized spacial score (nSPS) is 19.1. The quantitative estimate of drug-likeness (QED) is 0.359. The summed E-state index contributed by atoms with van der Waals surface area (Å²) >= 11 is 1.49. The van der Waals surface area contributed by atoms with Crippen LogP contribution in [-0.2, 0) is 19.1 Å². The van der Waals surface area contributed by atoms with Gasteiger partial charge in [-0.15, -0.1) is 0 Å². The van der Waals surface area contributed by atoms with Crippen LogP contribution in [0.5, 0.6) is 0 Å². The molecule has 1 aliphatic rings. The highest BCUT2D eigenvalue weighted by Gasteiger charge is 2.50. The molecule has 1 unspecified atom stereocenters. The second kappa shape index (κ2) is 8.96. The maximum Gasteiger partial charge on any atom is 0.352 e. The SMILES string of the molecule is COC(=O)CSCCCCC=C(NC(=O)C1CC1(C)C)C(=O)O. The Hall–Kier alpha value is -1.50. The molecule has 1 rings (SSSR count). The standard InChI is InChI=1S/C16H25NO5S/c1-16(2)9-11(16)14(19)17-12(15(20)21)7-5-4-6-8-23-10-13(18)22-3/h7,11H,4-6,8-10H2,1-3H3,(H,17,19)(H,20,21). The number of hydrogen-bond donors (Lipinski definition) is 2. The predicted molar refractivity (Wildman–Crippen MR) is 88.9 cm³/mol. The summed E-state index contributed by atoms with van der Waals surface area (Å²) in [4.78, 5) is 34.0. The Morgan fingerprint density at radius 3 is 2.52 bits per heavy atom. The van der Waals surface area contributed by atoms with Crippen molar-refractivity contribution in [3.8, 4) is 0 Å². The summed E-state index contributed by atoms with van der Waals surface area (Å²) in [7, 11) is 1.36. The minimum absolute atomic E-state index is 0.0233. The van der Waals surface area contributed by atoms with Crippen molar-refractivity contribution >= 4 is 29.6 Å². The molecular weight excluding hydrogens is 318 g/mol. The van der Waals surface area contributed by atoms with Gasteiger partial charge >= 0.3 is 11.9 Å². The van der Waals surface area contributed by atoms with Crippen LogP contribution >= 0.6 is 11.8 Å². The number of aliphatic carboxylic acids is 1. The summed E-state index contributed by atoms with van der Waals surface area (Å²) in [6.45, 7) is 3.99. The minimum atomic E-state index is -1.11. The van der Waals surface area contributed by atoms with Gasteiger partial charge in [0.1, 0.15) is 5.70 Å². The average Bonchev–Trinajstić information content (AvgIpc) is 3.13. The van der Waals surface area contributed by atoms with E-state index in [0.29, 0.717) is 12.2 Å². The van der Waals surface area contributed by atoms with Crippen molar-refractivity contribution in [3.05, 3.63) is 11.8 Å². The highest BCUT2D eigenvalue weighted by Crippen LogP contribution is 2.51. The minimum Gasteiger partial charge on any atom is -0.477 e. The molecule has 0 bridgehead atoms. The van der Waals surface area contributed by atoms with Crippen molar-refractivity contribution in [2.45, 2.75) is 39.5 Å². The molecule has 0 heterocycles. The Labute approximate surface area is 141 Å². The number of ether oxygens (including phenoxy) is 1. The molecule has 6 nitrogen and oxygen atoms in total. The van der Waals surface area contributed by atoms with Gasteiger partial charge in [0.2, 0.25) is 5.91 Å². The molecule has 7 heteroatoms. The molecule has 0 spiro atoms. The Morgan fingerprint density at radius 1 is 1.35 bits per heavy atom. The Balaban J connectivity index is 2.26. The van der Waals surface area contributed by atoms with E-state index in [1.165, 1.54) is 18.9 Å². The lowest BCUT2D eigenvalue weighted by Gasteiger charge is -2.07. The third-order valence-corrected chi connectivity index (χ3v) is 4.87. The van der Waals surface area contributed by atoms with E-state index >= 15 is 0 Å². The number of methoxy groups -OCH3 is 1. The highest BCUT2D eigenvalue weighted by atomic mass is 32.2. The predicted octanol–water partition coefficient (Wildman–Crippen LogP) is 2.19. The lowest BCUT2D eigenvalue weighted by atomic mass is 10.1. The summed E-state index contributed by atoms with van der Waals surface area (Å²) in [5, 5.41) is 11.7. The van der Waals surface area contributed by atoms with Gasteiger partial charge in [-0.25, -0.2) is 4.79 Å². The fourth-order valence-electron chi connectivity index (χ4n) is 2.14. The van der Waals surface area contributed by atoms with Gasteiger partial charge < -0.3 is 15.2 Å². The van der Waals surface area contributed by atoms with Crippen molar-refractivity contribution in [3.63, 3.8) is 0 Å². The number of unbranched alkanes of at least 4 members (excludes halogenated alkanes) is 2. The molecule has 2 N–H and O–H groups in total. The number of carboxylic acids is 1. The number of rotatable bonds is 10. The number of carboxylic acid groups (broad SMARTS) is 1. The van der Waals surface area contributed by atoms with Crippen LogP contribution in [0.25, 0.3) is 0 Å². The van der Waals surface area contributed by atoms with Crippen LogP contribution in [-0.4, -0.2) is 41.6 Å². The van der Waals surface area contributed by atoms with Crippen molar-refractivity contribution < 1.29 is 24.2 Å². The van der Waals surface area contributed by atoms with E-state index in [1.807, 2.05) is 13.8 Å². The number of amides is 1. The molecule has 0 aromatic rings. The summed E-state index contributed by atoms with van der Waals surface area (Å²) in [6.07, 6.45) is 4.60. The number of allylic oxidation sites excluding steroid dienone is 1. The molecule has 0 aromatic carbocycles. The molecule has 1 amide bonds. The van der Waals surface area contributed by atoms with Crippen molar-refractivity contribution in [1.82, 2.24) is 5.32 Å². The first-order valence-corrected chi connectivity index (χ1v) is 8.82. The summed E-state index contributed by atoms with van der Waals surface area (Å²) in [5.41, 5.74) is -0.0650. The van der Waals surface area contributed by atoms with E-state index in [2.05, 4.69) is 10.1 Å². The van der Waals surface area contributed by atoms with E-state index in [0.717, 1.165) is 25.0 Å². The number of carbonyl (C=O) groups is 3. The van der Waals surface area contributed by atoms with Crippen LogP contribution in [0.4, 0.5) is 0 Å². The Bertz CT molecular complexity index is 487. The molecule has 23 heavy (non-hydrogen) atoms. The lowest BCUT2D eigenvalue weighted by Crippen LogP contribution is -2.29. The molecular formula is C16H25NO5S. The number of esters is 1. The number of thioether (sulfide) groups is 1. The first kappa shape index (κ1) is 19.5. The van der Waals surface area contributed by atoms with Gasteiger partial charge in [-0.05, 0) is 36.9 Å². The summed E-state index contributed by atoms with van der Waals surface area (Å²) in [5.74, 6) is -0.517. The molecule has 130 valence electrons. The zero-order chi connectivity index (χ0) is 17.5. The largest absolute Gasteiger partial charge is 0.477 e. The van der Waals surface area contributed by atoms with Crippen LogP contribution in [0, 0.1) is 11.3 Å². The second-order valence-corrected chi connectivity index (χ2v) is 7.39. The first-order valence-electron chi connectivity index (χ1n) is 7.67. The maximum atomic E-state index is 11.9. The third kappa shape index (κ3) is 7.07. The van der Waals surface area contributed by atoms with Gasteiger partial charge in [-0.1, -0.05) is 19.9 Å². The van der Waals surface area contributed by atoms with Gasteiger partial charge in [0.05, 0.1) is 12.9 Å². The smallest absolute Gasteiger partial charge is 0.352 e. The van der Waals surface area contributed by atoms with Crippen molar-refractivity contribution in [2.24, 2.45) is 11.3 Å². The van der Waals surface area contributed by atoms with E-state index in [4.69, 9.17) is 5.11 Å². The Kier molecular flexibility index (Phi) is 7.61. The molecule has 0 aliphatic heterocycles. The number of hydrogen-bond acceptors (Lipinski definition) is 5. The van der Waals surface area contributed by atoms with Crippen LogP contribution in [0.1, 0.15) is 39.5 Å². The fraction of sp³-hybridized carbons (Fsp3) is 0.688. The highest BCUT2D eigenvalue weighted by molar-refractivity contribution is 7.99. The fourth-order valence-corrected chi connectivity index (χ4v) is 2.97. The van der Waals surface area contributed by atoms with Gasteiger partial charge in [-0.2, -0.15) is 11.8 Å². The summed E-state index contributed by atoms with van der Waals surface area (Å²) in [6, 6.07) is 0. The van der Waals surface area contributed by atoms with Crippen molar-refractivity contribution in [2.75, 3.05) is 18.6 Å². The molecule has 1 aliphatic carbocycles. The zero-order valence-corrected chi connectivity index (χ0v) is 14.7.